The van der Waals surface area contributed by atoms with E-state index in [1.54, 1.807) is 13.2 Å². The van der Waals surface area contributed by atoms with E-state index in [1.165, 1.54) is 0 Å². The highest BCUT2D eigenvalue weighted by Crippen LogP contribution is 2.08. The Morgan fingerprint density at radius 1 is 1.37 bits per heavy atom. The van der Waals surface area contributed by atoms with Gasteiger partial charge in [-0.15, -0.1) is 0 Å². The number of sulfonamides is 1. The van der Waals surface area contributed by atoms with Gasteiger partial charge in [0.25, 0.3) is 0 Å². The highest BCUT2D eigenvalue weighted by Gasteiger charge is 2.13. The van der Waals surface area contributed by atoms with E-state index in [4.69, 9.17) is 10.5 Å². The Bertz CT molecular complexity index is 488. The van der Waals surface area contributed by atoms with E-state index < -0.39 is 10.0 Å². The quantitative estimate of drug-likeness (QED) is 0.742. The Morgan fingerprint density at radius 2 is 2.05 bits per heavy atom. The largest absolute Gasteiger partial charge is 0.384 e. The van der Waals surface area contributed by atoms with Crippen molar-refractivity contribution in [2.75, 3.05) is 20.3 Å². The molecule has 1 unspecified atom stereocenters. The third-order valence-electron chi connectivity index (χ3n) is 2.69. The fraction of sp³-hybridized carbons (Fsp3) is 0.538. The predicted octanol–water partition coefficient (Wildman–Crippen LogP) is 0.847. The van der Waals surface area contributed by atoms with Crippen LogP contribution in [0.4, 0.5) is 0 Å². The first-order chi connectivity index (χ1) is 8.96. The van der Waals surface area contributed by atoms with E-state index in [0.29, 0.717) is 19.7 Å². The van der Waals surface area contributed by atoms with Crippen molar-refractivity contribution < 1.29 is 13.2 Å². The summed E-state index contributed by atoms with van der Waals surface area (Å²) in [6, 6.07) is 7.31. The van der Waals surface area contributed by atoms with Gasteiger partial charge in [-0.1, -0.05) is 31.2 Å². The summed E-state index contributed by atoms with van der Waals surface area (Å²) < 4.78 is 31.4. The highest BCUT2D eigenvalue weighted by molar-refractivity contribution is 7.88. The molecule has 0 aromatic heterocycles. The number of nitrogens with one attached hydrogen (secondary N) is 1. The van der Waals surface area contributed by atoms with Gasteiger partial charge >= 0.3 is 0 Å². The summed E-state index contributed by atoms with van der Waals surface area (Å²) in [5, 5.41) is 0. The van der Waals surface area contributed by atoms with Crippen molar-refractivity contribution in [3.05, 3.63) is 35.4 Å². The summed E-state index contributed by atoms with van der Waals surface area (Å²) in [4.78, 5) is 0. The van der Waals surface area contributed by atoms with Gasteiger partial charge in [-0.25, -0.2) is 13.1 Å². The molecule has 0 radical (unpaired) electrons. The molecule has 19 heavy (non-hydrogen) atoms. The molecule has 0 aliphatic rings. The van der Waals surface area contributed by atoms with Gasteiger partial charge in [0.15, 0.2) is 0 Å². The van der Waals surface area contributed by atoms with Crippen molar-refractivity contribution in [2.24, 2.45) is 11.7 Å². The lowest BCUT2D eigenvalue weighted by Crippen LogP contribution is -2.31. The molecule has 0 aliphatic carbocycles. The summed E-state index contributed by atoms with van der Waals surface area (Å²) in [5.74, 6) is 0.121. The Hall–Kier alpha value is -0.950. The normalized spacial score (nSPS) is 13.4. The van der Waals surface area contributed by atoms with Crippen LogP contribution in [0.15, 0.2) is 24.3 Å². The molecule has 0 saturated carbocycles. The van der Waals surface area contributed by atoms with Crippen LogP contribution in [0.1, 0.15) is 18.1 Å². The minimum Gasteiger partial charge on any atom is -0.384 e. The molecule has 108 valence electrons. The standard InChI is InChI=1S/C13H22N2O3S/c1-11(9-18-2)8-15-19(16,17)10-13-5-3-4-12(6-13)7-14/h3-6,11,15H,7-10,14H2,1-2H3. The van der Waals surface area contributed by atoms with E-state index in [1.807, 2.05) is 25.1 Å². The summed E-state index contributed by atoms with van der Waals surface area (Å²) in [5.41, 5.74) is 7.21. The molecule has 6 heteroatoms. The van der Waals surface area contributed by atoms with E-state index in [0.717, 1.165) is 11.1 Å². The molecule has 0 bridgehead atoms. The molecular formula is C13H22N2O3S. The molecule has 3 N–H and O–H groups in total. The molecule has 0 fully saturated rings. The van der Waals surface area contributed by atoms with Gasteiger partial charge in [0, 0.05) is 26.8 Å². The lowest BCUT2D eigenvalue weighted by atomic mass is 10.1. The number of hydrogen-bond acceptors (Lipinski definition) is 4. The van der Waals surface area contributed by atoms with Crippen molar-refractivity contribution in [2.45, 2.75) is 19.2 Å². The Balaban J connectivity index is 2.58. The van der Waals surface area contributed by atoms with Crippen LogP contribution >= 0.6 is 0 Å². The molecule has 1 aromatic rings. The molecule has 0 amide bonds. The summed E-state index contributed by atoms with van der Waals surface area (Å²) in [7, 11) is -1.72. The zero-order valence-corrected chi connectivity index (χ0v) is 12.2. The van der Waals surface area contributed by atoms with Gasteiger partial charge < -0.3 is 10.5 Å². The number of nitrogens with two attached hydrogens (primary N) is 1. The second kappa shape index (κ2) is 7.59. The van der Waals surface area contributed by atoms with Crippen molar-refractivity contribution in [3.8, 4) is 0 Å². The smallest absolute Gasteiger partial charge is 0.215 e. The van der Waals surface area contributed by atoms with Gasteiger partial charge in [0.1, 0.15) is 0 Å². The van der Waals surface area contributed by atoms with Crippen molar-refractivity contribution in [3.63, 3.8) is 0 Å². The second-order valence-corrected chi connectivity index (χ2v) is 6.50. The van der Waals surface area contributed by atoms with Crippen LogP contribution in [0.2, 0.25) is 0 Å². The third kappa shape index (κ3) is 6.15. The van der Waals surface area contributed by atoms with E-state index in [2.05, 4.69) is 4.72 Å². The fourth-order valence-corrected chi connectivity index (χ4v) is 2.99. The maximum Gasteiger partial charge on any atom is 0.215 e. The topological polar surface area (TPSA) is 81.4 Å². The average Bonchev–Trinajstić information content (AvgIpc) is 2.37. The zero-order chi connectivity index (χ0) is 14.3. The summed E-state index contributed by atoms with van der Waals surface area (Å²) >= 11 is 0. The van der Waals surface area contributed by atoms with Crippen LogP contribution in [0, 0.1) is 5.92 Å². The predicted molar refractivity (Wildman–Crippen MR) is 76.0 cm³/mol. The second-order valence-electron chi connectivity index (χ2n) is 4.69. The van der Waals surface area contributed by atoms with Gasteiger partial charge in [0.05, 0.1) is 5.75 Å². The molecule has 1 atom stereocenters. The Labute approximate surface area is 115 Å². The van der Waals surface area contributed by atoms with Crippen LogP contribution in [0.25, 0.3) is 0 Å². The number of methoxy groups -OCH3 is 1. The first-order valence-corrected chi connectivity index (χ1v) is 7.86. The molecular weight excluding hydrogens is 264 g/mol. The van der Waals surface area contributed by atoms with Crippen molar-refractivity contribution >= 4 is 10.0 Å². The first-order valence-electron chi connectivity index (χ1n) is 6.21. The molecule has 0 aliphatic heterocycles. The molecule has 0 saturated heterocycles. The fourth-order valence-electron chi connectivity index (χ4n) is 1.73. The summed E-state index contributed by atoms with van der Waals surface area (Å²) in [6.07, 6.45) is 0. The van der Waals surface area contributed by atoms with Gasteiger partial charge in [0.2, 0.25) is 10.0 Å². The number of hydrogen-bond donors (Lipinski definition) is 2. The zero-order valence-electron chi connectivity index (χ0n) is 11.4. The average molecular weight is 286 g/mol. The summed E-state index contributed by atoms with van der Waals surface area (Å²) in [6.45, 7) is 3.26. The Kier molecular flexibility index (Phi) is 6.44. The molecule has 5 nitrogen and oxygen atoms in total. The van der Waals surface area contributed by atoms with Crippen LogP contribution < -0.4 is 10.5 Å². The Morgan fingerprint density at radius 3 is 2.68 bits per heavy atom. The minimum atomic E-state index is -3.32. The van der Waals surface area contributed by atoms with Crippen LogP contribution in [-0.4, -0.2) is 28.7 Å². The minimum absolute atomic E-state index is 0.0272. The SMILES string of the molecule is COCC(C)CNS(=O)(=O)Cc1cccc(CN)c1. The number of rotatable bonds is 8. The molecule has 0 spiro atoms. The number of benzene rings is 1. The number of ether oxygens (including phenoxy) is 1. The van der Waals surface area contributed by atoms with Crippen LogP contribution in [-0.2, 0) is 27.1 Å². The monoisotopic (exact) mass is 286 g/mol. The molecule has 1 aromatic carbocycles. The lowest BCUT2D eigenvalue weighted by molar-refractivity contribution is 0.161. The van der Waals surface area contributed by atoms with E-state index in [-0.39, 0.29) is 11.7 Å². The first kappa shape index (κ1) is 16.1. The van der Waals surface area contributed by atoms with E-state index >= 15 is 0 Å². The maximum absolute atomic E-state index is 11.9. The van der Waals surface area contributed by atoms with Gasteiger partial charge in [-0.2, -0.15) is 0 Å². The van der Waals surface area contributed by atoms with Gasteiger partial charge in [-0.3, -0.25) is 0 Å². The third-order valence-corrected chi connectivity index (χ3v) is 4.01. The van der Waals surface area contributed by atoms with Crippen LogP contribution in [0.3, 0.4) is 0 Å². The highest BCUT2D eigenvalue weighted by atomic mass is 32.2. The lowest BCUT2D eigenvalue weighted by Gasteiger charge is -2.12. The maximum atomic E-state index is 11.9. The van der Waals surface area contributed by atoms with Crippen molar-refractivity contribution in [1.82, 2.24) is 4.72 Å². The van der Waals surface area contributed by atoms with Gasteiger partial charge in [-0.05, 0) is 17.0 Å². The molecule has 0 heterocycles. The molecule has 1 rings (SSSR count). The van der Waals surface area contributed by atoms with E-state index in [9.17, 15) is 8.42 Å². The van der Waals surface area contributed by atoms with Crippen LogP contribution in [0.5, 0.6) is 0 Å². The van der Waals surface area contributed by atoms with Crippen molar-refractivity contribution in [1.29, 1.82) is 0 Å².